The van der Waals surface area contributed by atoms with Crippen molar-refractivity contribution in [2.45, 2.75) is 44.2 Å². The molecule has 15 heteroatoms. The molecule has 0 fully saturated rings. The summed E-state index contributed by atoms with van der Waals surface area (Å²) in [5, 5.41) is 16.5. The van der Waals surface area contributed by atoms with Crippen LogP contribution in [0.3, 0.4) is 0 Å². The minimum atomic E-state index is -4.15. The van der Waals surface area contributed by atoms with Crippen molar-refractivity contribution in [3.05, 3.63) is 54.1 Å². The number of anilines is 1. The molecule has 43 heavy (non-hydrogen) atoms. The van der Waals surface area contributed by atoms with Gasteiger partial charge in [0.05, 0.1) is 40.9 Å². The highest BCUT2D eigenvalue weighted by Gasteiger charge is 2.32. The molecule has 3 rings (SSSR count). The molecule has 0 bridgehead atoms. The van der Waals surface area contributed by atoms with E-state index in [1.165, 1.54) is 32.2 Å². The number of fused-ring (bicyclic) bond motifs is 1. The van der Waals surface area contributed by atoms with Gasteiger partial charge in [-0.25, -0.2) is 26.6 Å². The number of nitrogens with one attached hydrogen (secondary N) is 3. The smallest absolute Gasteiger partial charge is 0.413 e. The van der Waals surface area contributed by atoms with E-state index in [2.05, 4.69) is 25.3 Å². The fourth-order valence-electron chi connectivity index (χ4n) is 4.53. The van der Waals surface area contributed by atoms with E-state index < -0.39 is 49.9 Å². The number of aromatic nitrogens is 2. The molecular formula is C28H39N5O8S2. The summed E-state index contributed by atoms with van der Waals surface area (Å²) in [5.74, 6) is -1.84. The van der Waals surface area contributed by atoms with Gasteiger partial charge in [0.15, 0.2) is 0 Å². The van der Waals surface area contributed by atoms with Crippen molar-refractivity contribution in [3.63, 3.8) is 0 Å². The lowest BCUT2D eigenvalue weighted by molar-refractivity contribution is -0.125. The second-order valence-corrected chi connectivity index (χ2v) is 15.1. The van der Waals surface area contributed by atoms with Gasteiger partial charge in [-0.15, -0.1) is 0 Å². The lowest BCUT2D eigenvalue weighted by Gasteiger charge is -2.31. The Hall–Kier alpha value is -3.53. The number of carbonyl (C=O) groups excluding carboxylic acids is 2. The third-order valence-corrected chi connectivity index (χ3v) is 9.48. The topological polar surface area (TPSA) is 188 Å². The molecule has 13 nitrogen and oxygen atoms in total. The van der Waals surface area contributed by atoms with E-state index in [1.54, 1.807) is 12.1 Å². The van der Waals surface area contributed by atoms with E-state index in [1.807, 2.05) is 32.0 Å². The van der Waals surface area contributed by atoms with Gasteiger partial charge >= 0.3 is 6.09 Å². The van der Waals surface area contributed by atoms with Crippen LogP contribution in [0.1, 0.15) is 26.3 Å². The number of hydrogen-bond acceptors (Lipinski definition) is 9. The van der Waals surface area contributed by atoms with Crippen LogP contribution in [0.2, 0.25) is 0 Å². The fourth-order valence-corrected chi connectivity index (χ4v) is 7.23. The van der Waals surface area contributed by atoms with Gasteiger partial charge in [0.2, 0.25) is 21.9 Å². The molecule has 2 aromatic carbocycles. The number of hydrogen-bond donors (Lipinski definition) is 4. The molecule has 1 unspecified atom stereocenters. The predicted octanol–water partition coefficient (Wildman–Crippen LogP) is 2.16. The number of aromatic amines is 1. The number of methoxy groups -OCH3 is 1. The Morgan fingerprint density at radius 3 is 2.33 bits per heavy atom. The molecule has 0 radical (unpaired) electrons. The molecule has 236 valence electrons. The largest absolute Gasteiger partial charge is 0.453 e. The first kappa shape index (κ1) is 34.0. The quantitative estimate of drug-likeness (QED) is 0.205. The van der Waals surface area contributed by atoms with Crippen molar-refractivity contribution in [2.75, 3.05) is 37.5 Å². The van der Waals surface area contributed by atoms with Gasteiger partial charge in [0, 0.05) is 25.3 Å². The van der Waals surface area contributed by atoms with Gasteiger partial charge in [0.25, 0.3) is 0 Å². The van der Waals surface area contributed by atoms with Crippen LogP contribution in [0.5, 0.6) is 0 Å². The molecule has 0 saturated heterocycles. The van der Waals surface area contributed by atoms with Crippen LogP contribution in [0.15, 0.2) is 53.4 Å². The SMILES string of the molecule is COC(=O)Nc1nc2ccc(S(=O)(=O)N(CC(C)C)C[C@@H](O)C(Cc3ccccc3)NC(=O)[C@H](C)CS(C)(=O)=O)cc2[nH]1. The van der Waals surface area contributed by atoms with Crippen LogP contribution in [0, 0.1) is 11.8 Å². The van der Waals surface area contributed by atoms with Crippen LogP contribution in [-0.2, 0) is 35.8 Å². The zero-order valence-electron chi connectivity index (χ0n) is 24.8. The Labute approximate surface area is 252 Å². The van der Waals surface area contributed by atoms with Crippen molar-refractivity contribution in [1.82, 2.24) is 19.6 Å². The van der Waals surface area contributed by atoms with Crippen molar-refractivity contribution in [1.29, 1.82) is 0 Å². The summed E-state index contributed by atoms with van der Waals surface area (Å²) in [6.07, 6.45) is -0.856. The Bertz CT molecular complexity index is 1620. The Kier molecular flexibility index (Phi) is 11.3. The first-order valence-corrected chi connectivity index (χ1v) is 17.1. The number of amides is 2. The summed E-state index contributed by atoms with van der Waals surface area (Å²) in [7, 11) is -6.39. The van der Waals surface area contributed by atoms with Crippen LogP contribution in [0.4, 0.5) is 10.7 Å². The number of sulfonamides is 1. The fraction of sp³-hybridized carbons (Fsp3) is 0.464. The second-order valence-electron chi connectivity index (χ2n) is 11.0. The zero-order valence-corrected chi connectivity index (χ0v) is 26.4. The maximum Gasteiger partial charge on any atom is 0.413 e. The maximum atomic E-state index is 13.9. The third kappa shape index (κ3) is 9.74. The summed E-state index contributed by atoms with van der Waals surface area (Å²) in [6, 6.07) is 12.4. The lowest BCUT2D eigenvalue weighted by atomic mass is 10.00. The molecule has 2 amide bonds. The van der Waals surface area contributed by atoms with Crippen molar-refractivity contribution < 1.29 is 36.3 Å². The number of carbonyl (C=O) groups is 2. The van der Waals surface area contributed by atoms with E-state index in [4.69, 9.17) is 0 Å². The van der Waals surface area contributed by atoms with Gasteiger partial charge in [-0.2, -0.15) is 4.31 Å². The molecule has 0 aliphatic heterocycles. The highest BCUT2D eigenvalue weighted by atomic mass is 32.2. The first-order valence-electron chi connectivity index (χ1n) is 13.6. The number of benzene rings is 2. The average Bonchev–Trinajstić information content (AvgIpc) is 3.33. The summed E-state index contributed by atoms with van der Waals surface area (Å²) in [5.41, 5.74) is 1.56. The van der Waals surface area contributed by atoms with Gasteiger partial charge in [-0.1, -0.05) is 51.1 Å². The van der Waals surface area contributed by atoms with Crippen molar-refractivity contribution in [3.8, 4) is 0 Å². The van der Waals surface area contributed by atoms with Crippen LogP contribution >= 0.6 is 0 Å². The zero-order chi connectivity index (χ0) is 31.9. The van der Waals surface area contributed by atoms with Crippen LogP contribution in [0.25, 0.3) is 11.0 Å². The first-order chi connectivity index (χ1) is 20.1. The molecular weight excluding hydrogens is 598 g/mol. The number of sulfone groups is 1. The highest BCUT2D eigenvalue weighted by molar-refractivity contribution is 7.90. The molecule has 0 aliphatic carbocycles. The number of H-pyrrole nitrogens is 1. The summed E-state index contributed by atoms with van der Waals surface area (Å²) in [4.78, 5) is 31.5. The normalized spacial score (nSPS) is 14.4. The minimum absolute atomic E-state index is 0.0634. The summed E-state index contributed by atoms with van der Waals surface area (Å²) < 4.78 is 57.0. The Morgan fingerprint density at radius 1 is 1.05 bits per heavy atom. The highest BCUT2D eigenvalue weighted by Crippen LogP contribution is 2.24. The Morgan fingerprint density at radius 2 is 1.72 bits per heavy atom. The standard InChI is InChI=1S/C28H39N5O8S2/c1-18(2)15-33(43(39,40)21-11-12-22-23(14-21)31-27(30-22)32-28(36)41-4)16-25(34)24(13-20-9-7-6-8-10-20)29-26(35)19(3)17-42(5,37)38/h6-12,14,18-19,24-25,34H,13,15-17H2,1-5H3,(H,29,35)(H2,30,31,32,36)/t19-,24?,25-/m1/s1. The van der Waals surface area contributed by atoms with Crippen LogP contribution < -0.4 is 10.6 Å². The number of imidazole rings is 1. The van der Waals surface area contributed by atoms with E-state index in [0.29, 0.717) is 11.0 Å². The maximum absolute atomic E-state index is 13.9. The van der Waals surface area contributed by atoms with E-state index >= 15 is 0 Å². The Balaban J connectivity index is 1.90. The number of ether oxygens (including phenoxy) is 1. The average molecular weight is 638 g/mol. The molecule has 0 spiro atoms. The molecule has 0 aliphatic rings. The van der Waals surface area contributed by atoms with E-state index in [0.717, 1.165) is 16.1 Å². The van der Waals surface area contributed by atoms with Crippen molar-refractivity contribution >= 4 is 48.8 Å². The lowest BCUT2D eigenvalue weighted by Crippen LogP contribution is -2.52. The number of rotatable bonds is 14. The summed E-state index contributed by atoms with van der Waals surface area (Å²) >= 11 is 0. The molecule has 3 atom stereocenters. The van der Waals surface area contributed by atoms with E-state index in [-0.39, 0.29) is 42.0 Å². The van der Waals surface area contributed by atoms with E-state index in [9.17, 15) is 31.5 Å². The monoisotopic (exact) mass is 637 g/mol. The van der Waals surface area contributed by atoms with Gasteiger partial charge in [-0.05, 0) is 36.1 Å². The summed E-state index contributed by atoms with van der Waals surface area (Å²) in [6.45, 7) is 4.90. The van der Waals surface area contributed by atoms with Gasteiger partial charge < -0.3 is 20.1 Å². The number of nitrogens with zero attached hydrogens (tertiary/aromatic N) is 2. The predicted molar refractivity (Wildman–Crippen MR) is 163 cm³/mol. The minimum Gasteiger partial charge on any atom is -0.453 e. The molecule has 3 aromatic rings. The van der Waals surface area contributed by atoms with Gasteiger partial charge in [-0.3, -0.25) is 10.1 Å². The van der Waals surface area contributed by atoms with Crippen LogP contribution in [-0.4, -0.2) is 92.6 Å². The number of aliphatic hydroxyl groups excluding tert-OH is 1. The van der Waals surface area contributed by atoms with Crippen molar-refractivity contribution in [2.24, 2.45) is 11.8 Å². The molecule has 4 N–H and O–H groups in total. The molecule has 0 saturated carbocycles. The number of aliphatic hydroxyl groups is 1. The molecule has 1 aromatic heterocycles. The molecule has 1 heterocycles. The van der Waals surface area contributed by atoms with Gasteiger partial charge in [0.1, 0.15) is 9.84 Å². The second kappa shape index (κ2) is 14.3. The third-order valence-electron chi connectivity index (χ3n) is 6.55.